The first-order valence-corrected chi connectivity index (χ1v) is 14.1. The van der Waals surface area contributed by atoms with Gasteiger partial charge in [0, 0.05) is 18.1 Å². The maximum atomic E-state index is 13.7. The molecule has 0 spiro atoms. The van der Waals surface area contributed by atoms with E-state index in [0.717, 1.165) is 16.1 Å². The molecule has 0 aliphatic rings. The quantitative estimate of drug-likeness (QED) is 0.418. The van der Waals surface area contributed by atoms with Crippen LogP contribution in [0.3, 0.4) is 0 Å². The topological polar surface area (TPSA) is 96.0 Å². The van der Waals surface area contributed by atoms with Crippen LogP contribution in [0.1, 0.15) is 32.8 Å². The van der Waals surface area contributed by atoms with Gasteiger partial charge in [-0.2, -0.15) is 0 Å². The van der Waals surface area contributed by atoms with Gasteiger partial charge in [-0.3, -0.25) is 13.9 Å². The number of carbonyl (C=O) groups excluding carboxylic acids is 2. The van der Waals surface area contributed by atoms with Gasteiger partial charge in [-0.1, -0.05) is 56.1 Å². The third kappa shape index (κ3) is 8.28. The Morgan fingerprint density at radius 2 is 1.72 bits per heavy atom. The van der Waals surface area contributed by atoms with E-state index >= 15 is 0 Å². The van der Waals surface area contributed by atoms with Crippen molar-refractivity contribution in [3.63, 3.8) is 0 Å². The lowest BCUT2D eigenvalue weighted by Gasteiger charge is -2.33. The van der Waals surface area contributed by atoms with Gasteiger partial charge in [0.15, 0.2) is 0 Å². The van der Waals surface area contributed by atoms with E-state index in [0.29, 0.717) is 18.7 Å². The molecule has 1 atom stereocenters. The molecule has 2 rings (SSSR count). The highest BCUT2D eigenvalue weighted by atomic mass is 35.5. The molecule has 198 valence electrons. The number of nitrogens with zero attached hydrogens (tertiary/aromatic N) is 2. The van der Waals surface area contributed by atoms with Gasteiger partial charge in [-0.25, -0.2) is 8.42 Å². The van der Waals surface area contributed by atoms with Crippen LogP contribution in [-0.2, 0) is 26.2 Å². The number of amides is 2. The smallest absolute Gasteiger partial charge is 0.244 e. The predicted molar refractivity (Wildman–Crippen MR) is 144 cm³/mol. The standard InChI is InChI=1S/C25H33Cl2N3O5S/c1-6-22(25(32)28-14-17(2)3)29(15-18-7-10-20(35-4)11-8-18)24(31)16-30(36(5,33)34)23-13-19(26)9-12-21(23)27/h7-13,17,22H,6,14-16H2,1-5H3,(H,28,32)/t22-/m1/s1. The van der Waals surface area contributed by atoms with Crippen LogP contribution >= 0.6 is 23.2 Å². The lowest BCUT2D eigenvalue weighted by Crippen LogP contribution is -2.52. The second-order valence-corrected chi connectivity index (χ2v) is 11.5. The highest BCUT2D eigenvalue weighted by molar-refractivity contribution is 7.92. The Hall–Kier alpha value is -2.49. The Bertz CT molecular complexity index is 1160. The molecule has 36 heavy (non-hydrogen) atoms. The van der Waals surface area contributed by atoms with Crippen LogP contribution in [0.15, 0.2) is 42.5 Å². The molecule has 8 nitrogen and oxygen atoms in total. The molecule has 1 N–H and O–H groups in total. The van der Waals surface area contributed by atoms with E-state index in [1.54, 1.807) is 38.3 Å². The highest BCUT2D eigenvalue weighted by Gasteiger charge is 2.32. The van der Waals surface area contributed by atoms with E-state index in [1.165, 1.54) is 23.1 Å². The average Bonchev–Trinajstić information content (AvgIpc) is 2.82. The van der Waals surface area contributed by atoms with Crippen molar-refractivity contribution in [1.29, 1.82) is 0 Å². The number of methoxy groups -OCH3 is 1. The molecule has 0 aliphatic carbocycles. The van der Waals surface area contributed by atoms with Crippen molar-refractivity contribution in [2.45, 2.75) is 39.8 Å². The summed E-state index contributed by atoms with van der Waals surface area (Å²) in [7, 11) is -2.36. The SMILES string of the molecule is CC[C@H](C(=O)NCC(C)C)N(Cc1ccc(OC)cc1)C(=O)CN(c1cc(Cl)ccc1Cl)S(C)(=O)=O. The number of rotatable bonds is 12. The zero-order valence-corrected chi connectivity index (χ0v) is 23.5. The van der Waals surface area contributed by atoms with Gasteiger partial charge in [0.1, 0.15) is 18.3 Å². The van der Waals surface area contributed by atoms with Crippen molar-refractivity contribution in [2.24, 2.45) is 5.92 Å². The van der Waals surface area contributed by atoms with Crippen LogP contribution in [0.5, 0.6) is 5.75 Å². The van der Waals surface area contributed by atoms with E-state index < -0.39 is 28.5 Å². The molecule has 0 heterocycles. The fourth-order valence-electron chi connectivity index (χ4n) is 3.54. The van der Waals surface area contributed by atoms with Crippen molar-refractivity contribution < 1.29 is 22.7 Å². The molecule has 2 aromatic carbocycles. The summed E-state index contributed by atoms with van der Waals surface area (Å²) in [6, 6.07) is 10.7. The van der Waals surface area contributed by atoms with Crippen molar-refractivity contribution in [1.82, 2.24) is 10.2 Å². The fourth-order valence-corrected chi connectivity index (χ4v) is 4.83. The maximum absolute atomic E-state index is 13.7. The largest absolute Gasteiger partial charge is 0.497 e. The van der Waals surface area contributed by atoms with Crippen LogP contribution in [0, 0.1) is 5.92 Å². The molecular weight excluding hydrogens is 525 g/mol. The van der Waals surface area contributed by atoms with Gasteiger partial charge in [-0.05, 0) is 48.2 Å². The third-order valence-corrected chi connectivity index (χ3v) is 7.12. The summed E-state index contributed by atoms with van der Waals surface area (Å²) in [4.78, 5) is 28.1. The minimum absolute atomic E-state index is 0.0849. The molecule has 0 unspecified atom stereocenters. The summed E-state index contributed by atoms with van der Waals surface area (Å²) >= 11 is 12.3. The number of hydrogen-bond donors (Lipinski definition) is 1. The Morgan fingerprint density at radius 1 is 1.08 bits per heavy atom. The van der Waals surface area contributed by atoms with E-state index in [4.69, 9.17) is 27.9 Å². The fraction of sp³-hybridized carbons (Fsp3) is 0.440. The normalized spacial score (nSPS) is 12.2. The van der Waals surface area contributed by atoms with Gasteiger partial charge >= 0.3 is 0 Å². The average molecular weight is 559 g/mol. The van der Waals surface area contributed by atoms with Crippen LogP contribution < -0.4 is 14.4 Å². The number of nitrogens with one attached hydrogen (secondary N) is 1. The number of carbonyl (C=O) groups is 2. The first-order valence-electron chi connectivity index (χ1n) is 11.5. The Kier molecular flexibility index (Phi) is 10.9. The molecule has 0 radical (unpaired) electrons. The summed E-state index contributed by atoms with van der Waals surface area (Å²) in [6.45, 7) is 5.74. The molecular formula is C25H33Cl2N3O5S. The molecule has 2 amide bonds. The predicted octanol–water partition coefficient (Wildman–Crippen LogP) is 4.35. The van der Waals surface area contributed by atoms with E-state index in [-0.39, 0.29) is 34.1 Å². The zero-order chi connectivity index (χ0) is 27.0. The minimum Gasteiger partial charge on any atom is -0.497 e. The summed E-state index contributed by atoms with van der Waals surface area (Å²) < 4.78 is 31.5. The summed E-state index contributed by atoms with van der Waals surface area (Å²) in [5, 5.41) is 3.28. The molecule has 0 aromatic heterocycles. The molecule has 0 saturated heterocycles. The van der Waals surface area contributed by atoms with Gasteiger partial charge in [0.25, 0.3) is 0 Å². The Balaban J connectivity index is 2.46. The summed E-state index contributed by atoms with van der Waals surface area (Å²) in [6.07, 6.45) is 1.32. The molecule has 0 aliphatic heterocycles. The summed E-state index contributed by atoms with van der Waals surface area (Å²) in [5.74, 6) is 0.0127. The van der Waals surface area contributed by atoms with Crippen LogP contribution in [0.4, 0.5) is 5.69 Å². The first-order chi connectivity index (χ1) is 16.9. The lowest BCUT2D eigenvalue weighted by atomic mass is 10.1. The van der Waals surface area contributed by atoms with Crippen molar-refractivity contribution in [3.8, 4) is 5.75 Å². The van der Waals surface area contributed by atoms with Crippen molar-refractivity contribution in [3.05, 3.63) is 58.1 Å². The molecule has 0 bridgehead atoms. The molecule has 0 saturated carbocycles. The number of anilines is 1. The van der Waals surface area contributed by atoms with Gasteiger partial charge < -0.3 is 15.0 Å². The lowest BCUT2D eigenvalue weighted by molar-refractivity contribution is -0.140. The Morgan fingerprint density at radius 3 is 2.25 bits per heavy atom. The molecule has 11 heteroatoms. The van der Waals surface area contributed by atoms with Crippen molar-refractivity contribution >= 4 is 50.7 Å². The number of benzene rings is 2. The van der Waals surface area contributed by atoms with Gasteiger partial charge in [0.2, 0.25) is 21.8 Å². The van der Waals surface area contributed by atoms with E-state index in [1.807, 2.05) is 13.8 Å². The van der Waals surface area contributed by atoms with Crippen LogP contribution in [0.2, 0.25) is 10.0 Å². The van der Waals surface area contributed by atoms with Crippen molar-refractivity contribution in [2.75, 3.05) is 30.8 Å². The van der Waals surface area contributed by atoms with Crippen LogP contribution in [0.25, 0.3) is 0 Å². The number of sulfonamides is 1. The maximum Gasteiger partial charge on any atom is 0.244 e. The number of hydrogen-bond acceptors (Lipinski definition) is 5. The van der Waals surface area contributed by atoms with E-state index in [9.17, 15) is 18.0 Å². The van der Waals surface area contributed by atoms with Crippen LogP contribution in [-0.4, -0.2) is 57.6 Å². The first kappa shape index (κ1) is 29.7. The molecule has 0 fully saturated rings. The Labute approximate surface area is 223 Å². The monoisotopic (exact) mass is 557 g/mol. The molecule has 2 aromatic rings. The zero-order valence-electron chi connectivity index (χ0n) is 21.1. The second kappa shape index (κ2) is 13.2. The third-order valence-electron chi connectivity index (χ3n) is 5.44. The second-order valence-electron chi connectivity index (χ2n) is 8.80. The number of halogens is 2. The minimum atomic E-state index is -3.92. The summed E-state index contributed by atoms with van der Waals surface area (Å²) in [5.41, 5.74) is 0.840. The highest BCUT2D eigenvalue weighted by Crippen LogP contribution is 2.31. The van der Waals surface area contributed by atoms with Gasteiger partial charge in [-0.15, -0.1) is 0 Å². The number of ether oxygens (including phenoxy) is 1. The van der Waals surface area contributed by atoms with Gasteiger partial charge in [0.05, 0.1) is 24.1 Å². The van der Waals surface area contributed by atoms with E-state index in [2.05, 4.69) is 5.32 Å².